The molecule has 0 spiro atoms. The second-order valence-corrected chi connectivity index (χ2v) is 5.18. The lowest BCUT2D eigenvalue weighted by Gasteiger charge is -2.06. The summed E-state index contributed by atoms with van der Waals surface area (Å²) in [5, 5.41) is 8.73. The van der Waals surface area contributed by atoms with Crippen LogP contribution in [0.2, 0.25) is 0 Å². The lowest BCUT2D eigenvalue weighted by atomic mass is 10.1. The molecule has 0 N–H and O–H groups in total. The molecule has 3 rings (SSSR count). The number of aryl methyl sites for hydroxylation is 1. The number of hydrogen-bond acceptors (Lipinski definition) is 3. The number of halogens is 2. The quantitative estimate of drug-likeness (QED) is 0.680. The zero-order valence-corrected chi connectivity index (χ0v) is 12.1. The number of nitrogens with zero attached hydrogens (tertiary/aromatic N) is 4. The van der Waals surface area contributed by atoms with Crippen LogP contribution in [0.5, 0.6) is 0 Å². The number of rotatable bonds is 5. The second-order valence-electron chi connectivity index (χ2n) is 4.81. The first-order valence-electron chi connectivity index (χ1n) is 6.75. The molecular weight excluding hydrogens is 291 g/mol. The van der Waals surface area contributed by atoms with Gasteiger partial charge in [0.1, 0.15) is 5.82 Å². The Balaban J connectivity index is 1.88. The minimum absolute atomic E-state index is 0.261. The molecule has 2 aromatic heterocycles. The molecule has 4 nitrogen and oxygen atoms in total. The fourth-order valence-electron chi connectivity index (χ4n) is 2.28. The van der Waals surface area contributed by atoms with E-state index in [0.717, 1.165) is 24.1 Å². The van der Waals surface area contributed by atoms with Crippen molar-refractivity contribution in [2.45, 2.75) is 19.4 Å². The van der Waals surface area contributed by atoms with Crippen LogP contribution in [0.3, 0.4) is 0 Å². The molecule has 1 aromatic carbocycles. The van der Waals surface area contributed by atoms with Crippen LogP contribution in [0.15, 0.2) is 36.7 Å². The van der Waals surface area contributed by atoms with Crippen LogP contribution in [-0.2, 0) is 13.0 Å². The highest BCUT2D eigenvalue weighted by atomic mass is 35.5. The Labute approximate surface area is 126 Å². The molecule has 0 fully saturated rings. The average Bonchev–Trinajstić information content (AvgIpc) is 2.96. The first kappa shape index (κ1) is 13.9. The number of alkyl halides is 1. The van der Waals surface area contributed by atoms with Crippen LogP contribution in [0.4, 0.5) is 4.39 Å². The summed E-state index contributed by atoms with van der Waals surface area (Å²) >= 11 is 5.67. The lowest BCUT2D eigenvalue weighted by Crippen LogP contribution is -2.02. The van der Waals surface area contributed by atoms with E-state index >= 15 is 0 Å². The van der Waals surface area contributed by atoms with Crippen molar-refractivity contribution in [2.24, 2.45) is 0 Å². The fourth-order valence-corrected chi connectivity index (χ4v) is 2.41. The number of hydrogen-bond donors (Lipinski definition) is 0. The van der Waals surface area contributed by atoms with Crippen LogP contribution in [0.1, 0.15) is 17.7 Å². The Bertz CT molecular complexity index is 756. The van der Waals surface area contributed by atoms with E-state index in [1.54, 1.807) is 29.1 Å². The molecule has 0 saturated heterocycles. The largest absolute Gasteiger partial charge is 0.256 e. The number of fused-ring (bicyclic) bond motifs is 1. The van der Waals surface area contributed by atoms with Crippen molar-refractivity contribution in [2.75, 3.05) is 5.88 Å². The molecule has 0 bridgehead atoms. The number of benzene rings is 1. The third-order valence-electron chi connectivity index (χ3n) is 3.29. The van der Waals surface area contributed by atoms with E-state index in [9.17, 15) is 4.39 Å². The van der Waals surface area contributed by atoms with Gasteiger partial charge >= 0.3 is 0 Å². The van der Waals surface area contributed by atoms with Gasteiger partial charge in [-0.3, -0.25) is 4.98 Å². The van der Waals surface area contributed by atoms with E-state index in [1.165, 1.54) is 6.07 Å². The maximum atomic E-state index is 13.8. The van der Waals surface area contributed by atoms with E-state index in [-0.39, 0.29) is 5.82 Å². The fraction of sp³-hybridized carbons (Fsp3) is 0.267. The van der Waals surface area contributed by atoms with Crippen molar-refractivity contribution in [3.05, 3.63) is 53.7 Å². The minimum Gasteiger partial charge on any atom is -0.256 e. The summed E-state index contributed by atoms with van der Waals surface area (Å²) in [7, 11) is 0. The zero-order valence-electron chi connectivity index (χ0n) is 11.3. The van der Waals surface area contributed by atoms with E-state index in [2.05, 4.69) is 15.3 Å². The Morgan fingerprint density at radius 1 is 1.24 bits per heavy atom. The highest BCUT2D eigenvalue weighted by Gasteiger charge is 2.08. The van der Waals surface area contributed by atoms with Gasteiger partial charge in [0.15, 0.2) is 0 Å². The summed E-state index contributed by atoms with van der Waals surface area (Å²) in [4.78, 5) is 4.28. The van der Waals surface area contributed by atoms with Crippen LogP contribution < -0.4 is 0 Å². The van der Waals surface area contributed by atoms with Crippen molar-refractivity contribution >= 4 is 22.5 Å². The molecule has 6 heteroatoms. The van der Waals surface area contributed by atoms with Crippen molar-refractivity contribution in [3.8, 4) is 0 Å². The summed E-state index contributed by atoms with van der Waals surface area (Å²) in [6.45, 7) is 0.516. The normalized spacial score (nSPS) is 11.1. The Morgan fingerprint density at radius 2 is 2.14 bits per heavy atom. The predicted octanol–water partition coefficient (Wildman–Crippen LogP) is 3.19. The summed E-state index contributed by atoms with van der Waals surface area (Å²) < 4.78 is 15.5. The summed E-state index contributed by atoms with van der Waals surface area (Å²) in [6.07, 6.45) is 5.25. The highest BCUT2D eigenvalue weighted by Crippen LogP contribution is 2.20. The van der Waals surface area contributed by atoms with Crippen molar-refractivity contribution in [3.63, 3.8) is 0 Å². The lowest BCUT2D eigenvalue weighted by molar-refractivity contribution is 0.633. The van der Waals surface area contributed by atoms with Crippen molar-refractivity contribution < 1.29 is 4.39 Å². The van der Waals surface area contributed by atoms with Gasteiger partial charge in [0, 0.05) is 29.2 Å². The number of pyridine rings is 1. The molecule has 0 aliphatic heterocycles. The van der Waals surface area contributed by atoms with Gasteiger partial charge in [0.25, 0.3) is 0 Å². The smallest absolute Gasteiger partial charge is 0.132 e. The standard InChI is InChI=1S/C15H14ClFN4/c16-7-1-3-12-10-21(20-19-12)9-11-5-6-14(17)13-4-2-8-18-15(11)13/h2,4-6,8,10H,1,3,7,9H2. The first-order chi connectivity index (χ1) is 10.3. The van der Waals surface area contributed by atoms with Crippen LogP contribution in [0.25, 0.3) is 10.9 Å². The Hall–Kier alpha value is -2.01. The van der Waals surface area contributed by atoms with Gasteiger partial charge in [0.05, 0.1) is 17.8 Å². The van der Waals surface area contributed by atoms with Crippen molar-refractivity contribution in [1.29, 1.82) is 0 Å². The molecule has 0 atom stereocenters. The van der Waals surface area contributed by atoms with Gasteiger partial charge in [0.2, 0.25) is 0 Å². The molecule has 0 aliphatic rings. The van der Waals surface area contributed by atoms with Gasteiger partial charge in [-0.2, -0.15) is 0 Å². The monoisotopic (exact) mass is 304 g/mol. The molecule has 0 radical (unpaired) electrons. The van der Waals surface area contributed by atoms with Crippen LogP contribution in [0, 0.1) is 5.82 Å². The summed E-state index contributed by atoms with van der Waals surface area (Å²) in [6, 6.07) is 6.67. The first-order valence-corrected chi connectivity index (χ1v) is 7.28. The van der Waals surface area contributed by atoms with Crippen LogP contribution in [-0.4, -0.2) is 25.9 Å². The Morgan fingerprint density at radius 3 is 3.00 bits per heavy atom. The van der Waals surface area contributed by atoms with Crippen LogP contribution >= 0.6 is 11.6 Å². The molecule has 108 valence electrons. The highest BCUT2D eigenvalue weighted by molar-refractivity contribution is 6.17. The predicted molar refractivity (Wildman–Crippen MR) is 79.9 cm³/mol. The van der Waals surface area contributed by atoms with Crippen molar-refractivity contribution in [1.82, 2.24) is 20.0 Å². The van der Waals surface area contributed by atoms with E-state index in [1.807, 2.05) is 6.20 Å². The molecule has 0 unspecified atom stereocenters. The third kappa shape index (κ3) is 3.03. The molecule has 21 heavy (non-hydrogen) atoms. The summed E-state index contributed by atoms with van der Waals surface area (Å²) in [5.74, 6) is 0.350. The van der Waals surface area contributed by atoms with E-state index in [0.29, 0.717) is 23.3 Å². The zero-order chi connectivity index (χ0) is 14.7. The molecule has 2 heterocycles. The number of aromatic nitrogens is 4. The van der Waals surface area contributed by atoms with Gasteiger partial charge in [-0.25, -0.2) is 9.07 Å². The summed E-state index contributed by atoms with van der Waals surface area (Å²) in [5.41, 5.74) is 2.49. The second kappa shape index (κ2) is 6.18. The molecule has 3 aromatic rings. The van der Waals surface area contributed by atoms with Gasteiger partial charge < -0.3 is 0 Å². The topological polar surface area (TPSA) is 43.6 Å². The molecule has 0 aliphatic carbocycles. The van der Waals surface area contributed by atoms with E-state index in [4.69, 9.17) is 11.6 Å². The SMILES string of the molecule is Fc1ccc(Cn2cc(CCCCl)nn2)c2ncccc12. The maximum absolute atomic E-state index is 13.8. The molecule has 0 amide bonds. The molecule has 0 saturated carbocycles. The van der Waals surface area contributed by atoms with Gasteiger partial charge in [-0.05, 0) is 31.0 Å². The maximum Gasteiger partial charge on any atom is 0.132 e. The van der Waals surface area contributed by atoms with E-state index < -0.39 is 0 Å². The Kier molecular flexibility index (Phi) is 4.10. The third-order valence-corrected chi connectivity index (χ3v) is 3.55. The average molecular weight is 305 g/mol. The van der Waals surface area contributed by atoms with Gasteiger partial charge in [-0.15, -0.1) is 16.7 Å². The molecular formula is C15H14ClFN4. The van der Waals surface area contributed by atoms with Gasteiger partial charge in [-0.1, -0.05) is 11.3 Å². The minimum atomic E-state index is -0.261.